The molecule has 0 spiro atoms. The number of carbonyl (C=O) groups is 2. The van der Waals surface area contributed by atoms with Gasteiger partial charge in [-0.05, 0) is 35.1 Å². The van der Waals surface area contributed by atoms with Gasteiger partial charge in [-0.2, -0.15) is 0 Å². The molecule has 1 atom stereocenters. The van der Waals surface area contributed by atoms with E-state index in [2.05, 4.69) is 36.4 Å². The minimum atomic E-state index is -0.532. The highest BCUT2D eigenvalue weighted by Gasteiger charge is 2.40. The largest absolute Gasteiger partial charge is 0.351 e. The second kappa shape index (κ2) is 6.48. The lowest BCUT2D eigenvalue weighted by Crippen LogP contribution is -2.60. The third-order valence-electron chi connectivity index (χ3n) is 5.70. The van der Waals surface area contributed by atoms with Crippen LogP contribution in [0.4, 0.5) is 4.79 Å². The standard InChI is InChI=1S/C21H23N3O2/c1-23-12-18(24(21(22)26)13-19(23)25)20-16-8-4-2-6-14(16)10-11-15-7-3-5-9-17(15)20/h2-9,18,20H,10-13H2,1H3,(H2,22,26)/t18-/m1/s1. The first-order chi connectivity index (χ1) is 12.6. The zero-order valence-electron chi connectivity index (χ0n) is 14.9. The van der Waals surface area contributed by atoms with E-state index >= 15 is 0 Å². The van der Waals surface area contributed by atoms with Crippen molar-refractivity contribution in [3.8, 4) is 0 Å². The van der Waals surface area contributed by atoms with Gasteiger partial charge in [0.05, 0.1) is 6.04 Å². The average molecular weight is 349 g/mol. The molecule has 26 heavy (non-hydrogen) atoms. The molecule has 2 aromatic carbocycles. The number of nitrogens with zero attached hydrogens (tertiary/aromatic N) is 2. The number of hydrogen-bond acceptors (Lipinski definition) is 2. The van der Waals surface area contributed by atoms with Crippen molar-refractivity contribution in [3.63, 3.8) is 0 Å². The number of likely N-dealkylation sites (N-methyl/N-ethyl adjacent to an activating group) is 1. The van der Waals surface area contributed by atoms with Crippen LogP contribution in [0.15, 0.2) is 48.5 Å². The van der Waals surface area contributed by atoms with Crippen LogP contribution >= 0.6 is 0 Å². The lowest BCUT2D eigenvalue weighted by molar-refractivity contribution is -0.135. The summed E-state index contributed by atoms with van der Waals surface area (Å²) in [6.07, 6.45) is 1.95. The number of benzene rings is 2. The molecule has 1 heterocycles. The van der Waals surface area contributed by atoms with Crippen LogP contribution in [0.1, 0.15) is 28.2 Å². The van der Waals surface area contributed by atoms with Gasteiger partial charge in [-0.25, -0.2) is 4.79 Å². The van der Waals surface area contributed by atoms with Gasteiger partial charge in [0.1, 0.15) is 6.54 Å². The second-order valence-electron chi connectivity index (χ2n) is 7.18. The Morgan fingerprint density at radius 1 is 1.00 bits per heavy atom. The van der Waals surface area contributed by atoms with Crippen LogP contribution in [0.3, 0.4) is 0 Å². The summed E-state index contributed by atoms with van der Waals surface area (Å²) in [5.74, 6) is -0.0665. The molecule has 4 rings (SSSR count). The minimum absolute atomic E-state index is 0.00736. The molecule has 0 radical (unpaired) electrons. The van der Waals surface area contributed by atoms with E-state index in [1.54, 1.807) is 16.8 Å². The Hall–Kier alpha value is -2.82. The highest BCUT2D eigenvalue weighted by atomic mass is 16.2. The number of piperazine rings is 1. The monoisotopic (exact) mass is 349 g/mol. The highest BCUT2D eigenvalue weighted by molar-refractivity contribution is 5.85. The Kier molecular flexibility index (Phi) is 4.15. The first-order valence-electron chi connectivity index (χ1n) is 9.02. The molecule has 2 N–H and O–H groups in total. The van der Waals surface area contributed by atoms with Crippen LogP contribution in [0.5, 0.6) is 0 Å². The molecule has 1 saturated heterocycles. The van der Waals surface area contributed by atoms with E-state index in [0.717, 1.165) is 12.8 Å². The maximum Gasteiger partial charge on any atom is 0.315 e. The molecule has 0 saturated carbocycles. The van der Waals surface area contributed by atoms with E-state index in [-0.39, 0.29) is 24.4 Å². The molecule has 0 bridgehead atoms. The summed E-state index contributed by atoms with van der Waals surface area (Å²) in [5.41, 5.74) is 10.7. The SMILES string of the molecule is CN1C[C@H](C2c3ccccc3CCc3ccccc32)N(C(N)=O)CC1=O. The van der Waals surface area contributed by atoms with Crippen LogP contribution in [0.2, 0.25) is 0 Å². The number of urea groups is 1. The van der Waals surface area contributed by atoms with Crippen LogP contribution in [-0.4, -0.2) is 47.9 Å². The average Bonchev–Trinajstić information content (AvgIpc) is 2.80. The Labute approximate surface area is 153 Å². The summed E-state index contributed by atoms with van der Waals surface area (Å²) in [6, 6.07) is 16.2. The smallest absolute Gasteiger partial charge is 0.315 e. The fourth-order valence-electron chi connectivity index (χ4n) is 4.37. The summed E-state index contributed by atoms with van der Waals surface area (Å²) >= 11 is 0. The Bertz CT molecular complexity index is 816. The van der Waals surface area contributed by atoms with Crippen molar-refractivity contribution in [2.24, 2.45) is 5.73 Å². The molecular weight excluding hydrogens is 326 g/mol. The van der Waals surface area contributed by atoms with Crippen molar-refractivity contribution < 1.29 is 9.59 Å². The number of nitrogens with two attached hydrogens (primary N) is 1. The zero-order chi connectivity index (χ0) is 18.3. The fourth-order valence-corrected chi connectivity index (χ4v) is 4.37. The molecule has 134 valence electrons. The summed E-state index contributed by atoms with van der Waals surface area (Å²) in [6.45, 7) is 0.520. The molecule has 3 amide bonds. The predicted molar refractivity (Wildman–Crippen MR) is 99.8 cm³/mol. The number of amides is 3. The van der Waals surface area contributed by atoms with Gasteiger partial charge in [0, 0.05) is 19.5 Å². The molecular formula is C21H23N3O2. The molecule has 1 fully saturated rings. The lowest BCUT2D eigenvalue weighted by Gasteiger charge is -2.43. The van der Waals surface area contributed by atoms with E-state index in [1.165, 1.54) is 22.3 Å². The van der Waals surface area contributed by atoms with E-state index in [1.807, 2.05) is 12.1 Å². The van der Waals surface area contributed by atoms with Crippen molar-refractivity contribution in [2.75, 3.05) is 20.1 Å². The van der Waals surface area contributed by atoms with Gasteiger partial charge in [0.2, 0.25) is 5.91 Å². The van der Waals surface area contributed by atoms with Crippen molar-refractivity contribution in [3.05, 3.63) is 70.8 Å². The molecule has 1 aliphatic carbocycles. The number of fused-ring (bicyclic) bond motifs is 2. The first kappa shape index (κ1) is 16.6. The molecule has 2 aliphatic rings. The molecule has 5 nitrogen and oxygen atoms in total. The highest BCUT2D eigenvalue weighted by Crippen LogP contribution is 2.39. The summed E-state index contributed by atoms with van der Waals surface area (Å²) in [4.78, 5) is 27.6. The second-order valence-corrected chi connectivity index (χ2v) is 7.18. The van der Waals surface area contributed by atoms with Crippen LogP contribution in [0, 0.1) is 0 Å². The number of hydrogen-bond donors (Lipinski definition) is 1. The lowest BCUT2D eigenvalue weighted by atomic mass is 9.81. The number of rotatable bonds is 1. The van der Waals surface area contributed by atoms with E-state index in [9.17, 15) is 9.59 Å². The molecule has 0 aromatic heterocycles. The van der Waals surface area contributed by atoms with Gasteiger partial charge in [0.25, 0.3) is 0 Å². The first-order valence-corrected chi connectivity index (χ1v) is 9.02. The Morgan fingerprint density at radius 3 is 2.08 bits per heavy atom. The quantitative estimate of drug-likeness (QED) is 0.857. The van der Waals surface area contributed by atoms with Gasteiger partial charge >= 0.3 is 6.03 Å². The van der Waals surface area contributed by atoms with Gasteiger partial charge < -0.3 is 15.5 Å². The fraction of sp³-hybridized carbons (Fsp3) is 0.333. The van der Waals surface area contributed by atoms with Gasteiger partial charge in [-0.3, -0.25) is 4.79 Å². The maximum absolute atomic E-state index is 12.2. The molecule has 5 heteroatoms. The van der Waals surface area contributed by atoms with Crippen LogP contribution < -0.4 is 5.73 Å². The minimum Gasteiger partial charge on any atom is -0.351 e. The maximum atomic E-state index is 12.2. The third kappa shape index (κ3) is 2.73. The summed E-state index contributed by atoms with van der Waals surface area (Å²) < 4.78 is 0. The van der Waals surface area contributed by atoms with Gasteiger partial charge in [-0.1, -0.05) is 48.5 Å². The normalized spacial score (nSPS) is 20.3. The van der Waals surface area contributed by atoms with Crippen molar-refractivity contribution in [1.82, 2.24) is 9.80 Å². The van der Waals surface area contributed by atoms with Crippen molar-refractivity contribution in [1.29, 1.82) is 0 Å². The molecule has 1 aliphatic heterocycles. The predicted octanol–water partition coefficient (Wildman–Crippen LogP) is 2.14. The van der Waals surface area contributed by atoms with Gasteiger partial charge in [0.15, 0.2) is 0 Å². The van der Waals surface area contributed by atoms with Crippen molar-refractivity contribution >= 4 is 11.9 Å². The van der Waals surface area contributed by atoms with E-state index in [0.29, 0.717) is 6.54 Å². The molecule has 0 unspecified atom stereocenters. The summed E-state index contributed by atoms with van der Waals surface area (Å²) in [5, 5.41) is 0. The van der Waals surface area contributed by atoms with Crippen LogP contribution in [-0.2, 0) is 17.6 Å². The third-order valence-corrected chi connectivity index (χ3v) is 5.70. The topological polar surface area (TPSA) is 66.6 Å². The van der Waals surface area contributed by atoms with E-state index < -0.39 is 6.03 Å². The van der Waals surface area contributed by atoms with E-state index in [4.69, 9.17) is 5.73 Å². The van der Waals surface area contributed by atoms with Crippen molar-refractivity contribution in [2.45, 2.75) is 24.8 Å². The summed E-state index contributed by atoms with van der Waals surface area (Å²) in [7, 11) is 1.79. The zero-order valence-corrected chi connectivity index (χ0v) is 14.9. The number of carbonyl (C=O) groups excluding carboxylic acids is 2. The number of primary amides is 1. The molecule has 2 aromatic rings. The Morgan fingerprint density at radius 2 is 1.54 bits per heavy atom. The van der Waals surface area contributed by atoms with Gasteiger partial charge in [-0.15, -0.1) is 0 Å². The Balaban J connectivity index is 1.88. The number of aryl methyl sites for hydroxylation is 2. The van der Waals surface area contributed by atoms with Crippen LogP contribution in [0.25, 0.3) is 0 Å².